The Bertz CT molecular complexity index is 445. The van der Waals surface area contributed by atoms with Gasteiger partial charge >= 0.3 is 0 Å². The van der Waals surface area contributed by atoms with E-state index in [0.717, 1.165) is 43.2 Å². The van der Waals surface area contributed by atoms with Crippen LogP contribution in [0.3, 0.4) is 0 Å². The smallest absolute Gasteiger partial charge is 0.138 e. The Morgan fingerprint density at radius 2 is 2.35 bits per heavy atom. The van der Waals surface area contributed by atoms with Crippen LogP contribution in [0.4, 0.5) is 0 Å². The monoisotopic (exact) mass is 313 g/mol. The summed E-state index contributed by atoms with van der Waals surface area (Å²) in [5.74, 6) is 3.11. The van der Waals surface area contributed by atoms with E-state index in [0.29, 0.717) is 11.1 Å². The van der Waals surface area contributed by atoms with Crippen LogP contribution in [0.1, 0.15) is 24.5 Å². The highest BCUT2D eigenvalue weighted by atomic mass is 35.5. The van der Waals surface area contributed by atoms with Crippen LogP contribution in [0.5, 0.6) is 5.75 Å². The molecule has 0 radical (unpaired) electrons. The Balaban J connectivity index is 1.66. The molecule has 0 saturated carbocycles. The van der Waals surface area contributed by atoms with Gasteiger partial charge in [-0.25, -0.2) is 0 Å². The van der Waals surface area contributed by atoms with Crippen LogP contribution in [0, 0.1) is 0 Å². The number of hydrogen-bond acceptors (Lipinski definition) is 4. The molecule has 2 atom stereocenters. The number of halogens is 1. The topological polar surface area (TPSA) is 30.5 Å². The fourth-order valence-electron chi connectivity index (χ4n) is 2.58. The molecule has 2 saturated heterocycles. The third-order valence-corrected chi connectivity index (χ3v) is 5.15. The number of thioether (sulfide) groups is 1. The maximum absolute atomic E-state index is 6.36. The summed E-state index contributed by atoms with van der Waals surface area (Å²) < 4.78 is 11.8. The summed E-state index contributed by atoms with van der Waals surface area (Å²) in [5.41, 5.74) is 1.12. The normalized spacial score (nSPS) is 27.2. The average Bonchev–Trinajstić information content (AvgIpc) is 2.51. The Hall–Kier alpha value is -0.420. The van der Waals surface area contributed by atoms with Crippen molar-refractivity contribution >= 4 is 23.4 Å². The van der Waals surface area contributed by atoms with E-state index < -0.39 is 0 Å². The van der Waals surface area contributed by atoms with Crippen molar-refractivity contribution in [2.24, 2.45) is 0 Å². The molecule has 0 aromatic heterocycles. The van der Waals surface area contributed by atoms with Crippen molar-refractivity contribution in [2.75, 3.05) is 31.2 Å². The first-order valence-electron chi connectivity index (χ1n) is 7.19. The lowest BCUT2D eigenvalue weighted by Gasteiger charge is -2.26. The molecular formula is C15H20ClNO2S. The van der Waals surface area contributed by atoms with Crippen molar-refractivity contribution in [2.45, 2.75) is 25.0 Å². The molecule has 1 N–H and O–H groups in total. The lowest BCUT2D eigenvalue weighted by Crippen LogP contribution is -2.33. The fourth-order valence-corrected chi connectivity index (χ4v) is 3.84. The predicted molar refractivity (Wildman–Crippen MR) is 84.0 cm³/mol. The number of ether oxygens (including phenoxy) is 2. The highest BCUT2D eigenvalue weighted by Crippen LogP contribution is 2.32. The van der Waals surface area contributed by atoms with Gasteiger partial charge in [0.1, 0.15) is 11.9 Å². The summed E-state index contributed by atoms with van der Waals surface area (Å²) in [6.45, 7) is 2.51. The van der Waals surface area contributed by atoms with E-state index in [-0.39, 0.29) is 6.10 Å². The zero-order chi connectivity index (χ0) is 13.8. The molecule has 0 amide bonds. The van der Waals surface area contributed by atoms with Gasteiger partial charge < -0.3 is 14.8 Å². The molecule has 0 spiro atoms. The molecule has 2 fully saturated rings. The van der Waals surface area contributed by atoms with Crippen LogP contribution < -0.4 is 10.1 Å². The Kier molecular flexibility index (Phi) is 5.10. The minimum Gasteiger partial charge on any atom is -0.488 e. The van der Waals surface area contributed by atoms with E-state index in [2.05, 4.69) is 11.4 Å². The van der Waals surface area contributed by atoms with Crippen LogP contribution in [-0.4, -0.2) is 37.3 Å². The first-order chi connectivity index (χ1) is 9.83. The first-order valence-corrected chi connectivity index (χ1v) is 8.72. The van der Waals surface area contributed by atoms with Gasteiger partial charge in [0.2, 0.25) is 0 Å². The maximum Gasteiger partial charge on any atom is 0.138 e. The molecule has 1 aromatic rings. The summed E-state index contributed by atoms with van der Waals surface area (Å²) in [5, 5.41) is 4.02. The van der Waals surface area contributed by atoms with Crippen LogP contribution in [0.15, 0.2) is 18.2 Å². The van der Waals surface area contributed by atoms with E-state index in [9.17, 15) is 0 Å². The predicted octanol–water partition coefficient (Wildman–Crippen LogP) is 3.28. The summed E-state index contributed by atoms with van der Waals surface area (Å²) in [7, 11) is 0. The number of benzene rings is 1. The van der Waals surface area contributed by atoms with Gasteiger partial charge in [0.15, 0.2) is 0 Å². The standard InChI is InChI=1S/C15H20ClNO2S/c16-13-8-11(15-9-17-5-6-18-15)3-4-14(13)19-12-2-1-7-20-10-12/h3-4,8,12,15,17H,1-2,5-7,9-10H2. The number of nitrogens with one attached hydrogen (secondary N) is 1. The lowest BCUT2D eigenvalue weighted by atomic mass is 10.1. The third-order valence-electron chi connectivity index (χ3n) is 3.67. The van der Waals surface area contributed by atoms with Crippen molar-refractivity contribution in [1.29, 1.82) is 0 Å². The molecule has 1 aromatic carbocycles. The van der Waals surface area contributed by atoms with Gasteiger partial charge in [-0.3, -0.25) is 0 Å². The molecule has 2 heterocycles. The summed E-state index contributed by atoms with van der Waals surface area (Å²) >= 11 is 8.32. The van der Waals surface area contributed by atoms with Crippen molar-refractivity contribution < 1.29 is 9.47 Å². The highest BCUT2D eigenvalue weighted by Gasteiger charge is 2.19. The molecule has 2 aliphatic heterocycles. The zero-order valence-corrected chi connectivity index (χ0v) is 13.0. The van der Waals surface area contributed by atoms with Gasteiger partial charge in [-0.05, 0) is 36.3 Å². The molecule has 110 valence electrons. The minimum atomic E-state index is 0.0977. The van der Waals surface area contributed by atoms with E-state index >= 15 is 0 Å². The number of rotatable bonds is 3. The highest BCUT2D eigenvalue weighted by molar-refractivity contribution is 7.99. The van der Waals surface area contributed by atoms with Crippen molar-refractivity contribution in [3.8, 4) is 5.75 Å². The maximum atomic E-state index is 6.36. The van der Waals surface area contributed by atoms with Gasteiger partial charge in [0, 0.05) is 18.8 Å². The number of morpholine rings is 1. The van der Waals surface area contributed by atoms with Gasteiger partial charge in [0.25, 0.3) is 0 Å². The second-order valence-corrected chi connectivity index (χ2v) is 6.77. The Morgan fingerprint density at radius 3 is 3.05 bits per heavy atom. The zero-order valence-electron chi connectivity index (χ0n) is 11.4. The molecule has 3 nitrogen and oxygen atoms in total. The minimum absolute atomic E-state index is 0.0977. The number of hydrogen-bond donors (Lipinski definition) is 1. The van der Waals surface area contributed by atoms with Crippen LogP contribution in [0.2, 0.25) is 5.02 Å². The van der Waals surface area contributed by atoms with E-state index in [1.165, 1.54) is 12.2 Å². The van der Waals surface area contributed by atoms with Crippen molar-refractivity contribution in [1.82, 2.24) is 5.32 Å². The first kappa shape index (κ1) is 14.5. The molecule has 2 unspecified atom stereocenters. The molecule has 0 bridgehead atoms. The Labute approximate surface area is 129 Å². The Morgan fingerprint density at radius 1 is 1.40 bits per heavy atom. The average molecular weight is 314 g/mol. The van der Waals surface area contributed by atoms with Gasteiger partial charge in [-0.15, -0.1) is 0 Å². The molecule has 0 aliphatic carbocycles. The van der Waals surface area contributed by atoms with E-state index in [1.54, 1.807) is 0 Å². The quantitative estimate of drug-likeness (QED) is 0.927. The molecule has 5 heteroatoms. The SMILES string of the molecule is Clc1cc(C2CNCCO2)ccc1OC1CCCSC1. The van der Waals surface area contributed by atoms with Crippen molar-refractivity contribution in [3.05, 3.63) is 28.8 Å². The van der Waals surface area contributed by atoms with Crippen LogP contribution >= 0.6 is 23.4 Å². The summed E-state index contributed by atoms with van der Waals surface area (Å²) in [4.78, 5) is 0. The molecule has 2 aliphatic rings. The van der Waals surface area contributed by atoms with E-state index in [1.807, 2.05) is 23.9 Å². The summed E-state index contributed by atoms with van der Waals surface area (Å²) in [6.07, 6.45) is 2.75. The summed E-state index contributed by atoms with van der Waals surface area (Å²) in [6, 6.07) is 6.02. The molecular weight excluding hydrogens is 294 g/mol. The second-order valence-electron chi connectivity index (χ2n) is 5.21. The molecule has 20 heavy (non-hydrogen) atoms. The fraction of sp³-hybridized carbons (Fsp3) is 0.600. The largest absolute Gasteiger partial charge is 0.488 e. The van der Waals surface area contributed by atoms with Crippen LogP contribution in [-0.2, 0) is 4.74 Å². The van der Waals surface area contributed by atoms with Crippen molar-refractivity contribution in [3.63, 3.8) is 0 Å². The lowest BCUT2D eigenvalue weighted by molar-refractivity contribution is 0.0276. The van der Waals surface area contributed by atoms with Gasteiger partial charge in [-0.1, -0.05) is 17.7 Å². The van der Waals surface area contributed by atoms with Gasteiger partial charge in [-0.2, -0.15) is 11.8 Å². The van der Waals surface area contributed by atoms with Gasteiger partial charge in [0.05, 0.1) is 17.7 Å². The van der Waals surface area contributed by atoms with Crippen LogP contribution in [0.25, 0.3) is 0 Å². The van der Waals surface area contributed by atoms with E-state index in [4.69, 9.17) is 21.1 Å². The second kappa shape index (κ2) is 7.03. The third kappa shape index (κ3) is 3.61. The molecule has 3 rings (SSSR count).